The number of nitrogens with one attached hydrogen (secondary N) is 2. The van der Waals surface area contributed by atoms with Crippen molar-refractivity contribution in [2.75, 3.05) is 25.1 Å². The number of benzene rings is 2. The number of rotatable bonds is 12. The number of carbonyl (C=O) groups is 1. The molecule has 3 N–H and O–H groups in total. The van der Waals surface area contributed by atoms with E-state index in [2.05, 4.69) is 49.8 Å². The Morgan fingerprint density at radius 3 is 2.47 bits per heavy atom. The number of oxime groups is 1. The van der Waals surface area contributed by atoms with Gasteiger partial charge in [0.1, 0.15) is 12.4 Å². The van der Waals surface area contributed by atoms with Gasteiger partial charge in [0, 0.05) is 9.13 Å². The second-order valence-electron chi connectivity index (χ2n) is 10.0. The van der Waals surface area contributed by atoms with Gasteiger partial charge in [-0.3, -0.25) is 9.63 Å². The molecule has 1 amide bonds. The number of nitrogens with zero attached hydrogens (tertiary/aromatic N) is 1. The van der Waals surface area contributed by atoms with Gasteiger partial charge in [0.05, 0.1) is 42.5 Å². The number of aliphatic hydroxyl groups is 1. The Kier molecular flexibility index (Phi) is 11.6. The Labute approximate surface area is 235 Å². The summed E-state index contributed by atoms with van der Waals surface area (Å²) in [5.74, 6) is -4.42. The number of amides is 1. The third-order valence-corrected chi connectivity index (χ3v) is 11.1. The highest BCUT2D eigenvalue weighted by molar-refractivity contribution is 14.1. The number of aliphatic hydroxyl groups excluding tert-OH is 1. The van der Waals surface area contributed by atoms with E-state index in [4.69, 9.17) is 14.1 Å². The summed E-state index contributed by atoms with van der Waals surface area (Å²) in [7, 11) is -2.02. The number of hydroxylamine groups is 1. The third kappa shape index (κ3) is 8.93. The van der Waals surface area contributed by atoms with Gasteiger partial charge in [-0.15, -0.1) is 0 Å². The Morgan fingerprint density at radius 1 is 1.18 bits per heavy atom. The summed E-state index contributed by atoms with van der Waals surface area (Å²) in [6.45, 7) is 11.9. The van der Waals surface area contributed by atoms with Crippen LogP contribution >= 0.6 is 22.6 Å². The normalized spacial score (nSPS) is 13.0. The third-order valence-electron chi connectivity index (χ3n) is 5.87. The molecule has 0 bridgehead atoms. The van der Waals surface area contributed by atoms with E-state index in [1.165, 1.54) is 19.1 Å². The molecule has 0 aliphatic rings. The van der Waals surface area contributed by atoms with Crippen LogP contribution in [0.5, 0.6) is 0 Å². The smallest absolute Gasteiger partial charge is 0.277 e. The quantitative estimate of drug-likeness (QED) is 0.0862. The van der Waals surface area contributed by atoms with Gasteiger partial charge in [0.15, 0.2) is 20.0 Å². The van der Waals surface area contributed by atoms with E-state index < -0.39 is 49.0 Å². The highest BCUT2D eigenvalue weighted by Crippen LogP contribution is 2.36. The molecule has 0 aromatic heterocycles. The molecule has 1 atom stereocenters. The van der Waals surface area contributed by atoms with Gasteiger partial charge >= 0.3 is 0 Å². The van der Waals surface area contributed by atoms with Gasteiger partial charge < -0.3 is 19.7 Å². The first-order chi connectivity index (χ1) is 17.6. The molecule has 0 radical (unpaired) electrons. The molecule has 210 valence electrons. The molecule has 1 unspecified atom stereocenters. The number of halogens is 4. The lowest BCUT2D eigenvalue weighted by molar-refractivity contribution is 0.0184. The largest absolute Gasteiger partial charge is 0.414 e. The average Bonchev–Trinajstić information content (AvgIpc) is 2.81. The first-order valence-corrected chi connectivity index (χ1v) is 15.8. The van der Waals surface area contributed by atoms with E-state index in [-0.39, 0.29) is 36.1 Å². The predicted octanol–water partition coefficient (Wildman–Crippen LogP) is 5.87. The van der Waals surface area contributed by atoms with Crippen molar-refractivity contribution in [1.29, 1.82) is 0 Å². The second-order valence-corrected chi connectivity index (χ2v) is 16.1. The molecule has 38 heavy (non-hydrogen) atoms. The molecular formula is C25H33F3IN3O5Si. The summed E-state index contributed by atoms with van der Waals surface area (Å²) in [4.78, 5) is 23.0. The van der Waals surface area contributed by atoms with Crippen molar-refractivity contribution in [3.8, 4) is 0 Å². The van der Waals surface area contributed by atoms with Gasteiger partial charge in [-0.05, 0) is 71.9 Å². The van der Waals surface area contributed by atoms with E-state index in [9.17, 15) is 18.7 Å². The molecule has 2 rings (SSSR count). The van der Waals surface area contributed by atoms with Crippen molar-refractivity contribution in [3.63, 3.8) is 0 Å². The molecule has 0 heterocycles. The molecule has 13 heteroatoms. The molecule has 0 spiro atoms. The van der Waals surface area contributed by atoms with Crippen LogP contribution in [0.1, 0.15) is 43.6 Å². The number of hydrogen-bond donors (Lipinski definition) is 3. The van der Waals surface area contributed by atoms with Crippen LogP contribution in [0.15, 0.2) is 29.4 Å². The minimum absolute atomic E-state index is 0.00980. The minimum atomic E-state index is -2.02. The van der Waals surface area contributed by atoms with Crippen LogP contribution < -0.4 is 10.8 Å². The molecular weight excluding hydrogens is 634 g/mol. The SMILES string of the molecule is CC(O)CO/N=C/c1cc(C(=O)NOCCO[Si](C)(C)C(C)(C)C)c(Nc2ccc(I)cc2F)c(F)c1F. The van der Waals surface area contributed by atoms with Gasteiger partial charge in [0.2, 0.25) is 0 Å². The molecule has 2 aromatic rings. The Bertz CT molecular complexity index is 1160. The van der Waals surface area contributed by atoms with E-state index in [0.29, 0.717) is 3.57 Å². The van der Waals surface area contributed by atoms with Crippen molar-refractivity contribution in [1.82, 2.24) is 5.48 Å². The zero-order valence-corrected chi connectivity index (χ0v) is 25.3. The highest BCUT2D eigenvalue weighted by atomic mass is 127. The molecule has 0 aliphatic heterocycles. The summed E-state index contributed by atoms with van der Waals surface area (Å²) in [5, 5.41) is 15.2. The van der Waals surface area contributed by atoms with E-state index in [1.807, 2.05) is 22.6 Å². The molecule has 0 saturated heterocycles. The fourth-order valence-corrected chi connectivity index (χ4v) is 4.22. The molecule has 0 saturated carbocycles. The van der Waals surface area contributed by atoms with Crippen LogP contribution in [0.25, 0.3) is 0 Å². The maximum atomic E-state index is 15.2. The van der Waals surface area contributed by atoms with Crippen molar-refractivity contribution in [2.24, 2.45) is 5.16 Å². The zero-order chi connectivity index (χ0) is 28.7. The first-order valence-electron chi connectivity index (χ1n) is 11.8. The van der Waals surface area contributed by atoms with Gasteiger partial charge in [-0.1, -0.05) is 25.9 Å². The molecule has 0 fully saturated rings. The van der Waals surface area contributed by atoms with Crippen molar-refractivity contribution < 1.29 is 37.2 Å². The fraction of sp³-hybridized carbons (Fsp3) is 0.440. The van der Waals surface area contributed by atoms with Crippen LogP contribution in [-0.2, 0) is 14.1 Å². The molecule has 2 aromatic carbocycles. The van der Waals surface area contributed by atoms with Crippen LogP contribution in [-0.4, -0.2) is 51.5 Å². The summed E-state index contributed by atoms with van der Waals surface area (Å²) < 4.78 is 51.0. The van der Waals surface area contributed by atoms with E-state index >= 15 is 4.39 Å². The maximum absolute atomic E-state index is 15.2. The van der Waals surface area contributed by atoms with Gasteiger partial charge in [-0.25, -0.2) is 18.7 Å². The molecule has 8 nitrogen and oxygen atoms in total. The van der Waals surface area contributed by atoms with Crippen molar-refractivity contribution in [2.45, 2.75) is 51.9 Å². The summed E-state index contributed by atoms with van der Waals surface area (Å²) in [5.41, 5.74) is 0.655. The monoisotopic (exact) mass is 667 g/mol. The lowest BCUT2D eigenvalue weighted by atomic mass is 10.1. The van der Waals surface area contributed by atoms with Gasteiger partial charge in [-0.2, -0.15) is 0 Å². The fourth-order valence-electron chi connectivity index (χ4n) is 2.74. The van der Waals surface area contributed by atoms with E-state index in [0.717, 1.165) is 12.3 Å². The number of anilines is 2. The van der Waals surface area contributed by atoms with E-state index in [1.54, 1.807) is 6.07 Å². The Morgan fingerprint density at radius 2 is 1.87 bits per heavy atom. The summed E-state index contributed by atoms with van der Waals surface area (Å²) in [6, 6.07) is 5.12. The summed E-state index contributed by atoms with van der Waals surface area (Å²) in [6.07, 6.45) is 0.0315. The average molecular weight is 668 g/mol. The number of hydrogen-bond acceptors (Lipinski definition) is 7. The van der Waals surface area contributed by atoms with Crippen LogP contribution in [0.2, 0.25) is 18.1 Å². The van der Waals surface area contributed by atoms with Crippen LogP contribution in [0.4, 0.5) is 24.5 Å². The van der Waals surface area contributed by atoms with Crippen LogP contribution in [0.3, 0.4) is 0 Å². The number of carbonyl (C=O) groups excluding carboxylic acids is 1. The van der Waals surface area contributed by atoms with Crippen molar-refractivity contribution >= 4 is 54.4 Å². The van der Waals surface area contributed by atoms with Crippen molar-refractivity contribution in [3.05, 3.63) is 56.4 Å². The Balaban J connectivity index is 2.28. The lowest BCUT2D eigenvalue weighted by Gasteiger charge is -2.36. The predicted molar refractivity (Wildman–Crippen MR) is 151 cm³/mol. The lowest BCUT2D eigenvalue weighted by Crippen LogP contribution is -2.41. The Hall–Kier alpha value is -2.20. The second kappa shape index (κ2) is 13.7. The van der Waals surface area contributed by atoms with Gasteiger partial charge in [0.25, 0.3) is 5.91 Å². The zero-order valence-electron chi connectivity index (χ0n) is 22.1. The first kappa shape index (κ1) is 32.0. The summed E-state index contributed by atoms with van der Waals surface area (Å²) >= 11 is 1.90. The van der Waals surface area contributed by atoms with Crippen LogP contribution in [0, 0.1) is 21.0 Å². The minimum Gasteiger partial charge on any atom is -0.414 e. The highest BCUT2D eigenvalue weighted by Gasteiger charge is 2.36. The maximum Gasteiger partial charge on any atom is 0.277 e. The molecule has 0 aliphatic carbocycles. The standard InChI is InChI=1S/C25H33F3IN3O5Si/c1-15(33)14-36-30-13-16-11-18(24(34)32-35-9-10-37-38(5,6)25(2,3)4)23(22(28)21(16)27)31-20-8-7-17(29)12-19(20)26/h7-8,11-13,15,31,33H,9-10,14H2,1-6H3,(H,32,34)/b30-13+. The topological polar surface area (TPSA) is 101 Å².